The number of nitriles is 1. The first kappa shape index (κ1) is 15.6. The zero-order chi connectivity index (χ0) is 15.2. The van der Waals surface area contributed by atoms with Crippen LogP contribution >= 0.6 is 0 Å². The van der Waals surface area contributed by atoms with Crippen LogP contribution in [0.5, 0.6) is 11.5 Å². The lowest BCUT2D eigenvalue weighted by atomic mass is 9.98. The van der Waals surface area contributed by atoms with E-state index in [0.29, 0.717) is 0 Å². The third-order valence-electron chi connectivity index (χ3n) is 3.84. The lowest BCUT2D eigenvalue weighted by Crippen LogP contribution is -2.42. The molecule has 2 rings (SSSR count). The molecule has 0 radical (unpaired) electrons. The van der Waals surface area contributed by atoms with Gasteiger partial charge < -0.3 is 14.8 Å². The van der Waals surface area contributed by atoms with Crippen LogP contribution < -0.4 is 14.8 Å². The third kappa shape index (κ3) is 3.66. The number of methoxy groups -OCH3 is 2. The fourth-order valence-electron chi connectivity index (χ4n) is 2.75. The average Bonchev–Trinajstić information content (AvgIpc) is 2.52. The second-order valence-electron chi connectivity index (χ2n) is 5.20. The first-order chi connectivity index (χ1) is 10.2. The number of ether oxygens (including phenoxy) is 2. The lowest BCUT2D eigenvalue weighted by molar-refractivity contribution is 0.239. The Morgan fingerprint density at radius 1 is 1.29 bits per heavy atom. The molecular formula is C16H23N3O2. The molecule has 0 amide bonds. The number of rotatable bonds is 6. The zero-order valence-corrected chi connectivity index (χ0v) is 13.0. The Kier molecular flexibility index (Phi) is 5.43. The minimum atomic E-state index is -0.114. The number of fused-ring (bicyclic) bond motifs is 1. The number of nitrogens with zero attached hydrogens (tertiary/aromatic N) is 2. The Bertz CT molecular complexity index is 525. The molecular weight excluding hydrogens is 266 g/mol. The summed E-state index contributed by atoms with van der Waals surface area (Å²) in [5.41, 5.74) is 2.56. The molecule has 114 valence electrons. The molecule has 1 aliphatic rings. The van der Waals surface area contributed by atoms with Gasteiger partial charge in [-0.3, -0.25) is 4.90 Å². The minimum Gasteiger partial charge on any atom is -0.493 e. The van der Waals surface area contributed by atoms with Gasteiger partial charge in [0, 0.05) is 19.6 Å². The maximum absolute atomic E-state index is 9.16. The molecule has 5 nitrogen and oxygen atoms in total. The number of likely N-dealkylation sites (N-methyl/N-ethyl adjacent to an activating group) is 1. The van der Waals surface area contributed by atoms with Gasteiger partial charge in [-0.15, -0.1) is 0 Å². The monoisotopic (exact) mass is 289 g/mol. The predicted octanol–water partition coefficient (Wildman–Crippen LogP) is 1.56. The Morgan fingerprint density at radius 3 is 2.52 bits per heavy atom. The molecule has 21 heavy (non-hydrogen) atoms. The van der Waals surface area contributed by atoms with E-state index in [2.05, 4.69) is 28.4 Å². The lowest BCUT2D eigenvalue weighted by Gasteiger charge is -2.30. The van der Waals surface area contributed by atoms with Crippen molar-refractivity contribution in [2.75, 3.05) is 33.9 Å². The van der Waals surface area contributed by atoms with Crippen LogP contribution in [0.25, 0.3) is 0 Å². The van der Waals surface area contributed by atoms with E-state index in [9.17, 15) is 0 Å². The molecule has 1 aromatic rings. The van der Waals surface area contributed by atoms with Gasteiger partial charge in [-0.2, -0.15) is 5.26 Å². The van der Waals surface area contributed by atoms with Crippen LogP contribution in [0, 0.1) is 11.3 Å². The number of nitrogens with one attached hydrogen (secondary N) is 1. The van der Waals surface area contributed by atoms with Crippen LogP contribution in [0.4, 0.5) is 0 Å². The van der Waals surface area contributed by atoms with Crippen molar-refractivity contribution in [1.29, 1.82) is 5.26 Å². The zero-order valence-electron chi connectivity index (χ0n) is 13.0. The normalized spacial score (nSPS) is 15.9. The van der Waals surface area contributed by atoms with Gasteiger partial charge in [0.15, 0.2) is 11.5 Å². The Balaban J connectivity index is 2.11. The first-order valence-corrected chi connectivity index (χ1v) is 7.31. The van der Waals surface area contributed by atoms with Gasteiger partial charge in [0.05, 0.1) is 20.3 Å². The summed E-state index contributed by atoms with van der Waals surface area (Å²) in [5.74, 6) is 1.55. The Morgan fingerprint density at radius 2 is 1.95 bits per heavy atom. The van der Waals surface area contributed by atoms with E-state index in [1.807, 2.05) is 6.92 Å². The topological polar surface area (TPSA) is 57.5 Å². The van der Waals surface area contributed by atoms with Gasteiger partial charge in [0.2, 0.25) is 0 Å². The molecule has 5 heteroatoms. The van der Waals surface area contributed by atoms with Crippen molar-refractivity contribution in [1.82, 2.24) is 10.2 Å². The fraction of sp³-hybridized carbons (Fsp3) is 0.562. The van der Waals surface area contributed by atoms with Gasteiger partial charge in [0.1, 0.15) is 6.04 Å². The molecule has 0 saturated carbocycles. The average molecular weight is 289 g/mol. The van der Waals surface area contributed by atoms with E-state index in [1.54, 1.807) is 14.2 Å². The highest BCUT2D eigenvalue weighted by Crippen LogP contribution is 2.33. The van der Waals surface area contributed by atoms with E-state index in [0.717, 1.165) is 44.1 Å². The van der Waals surface area contributed by atoms with Crippen LogP contribution in [0.15, 0.2) is 12.1 Å². The molecule has 1 atom stereocenters. The van der Waals surface area contributed by atoms with E-state index < -0.39 is 0 Å². The van der Waals surface area contributed by atoms with Gasteiger partial charge in [-0.25, -0.2) is 0 Å². The summed E-state index contributed by atoms with van der Waals surface area (Å²) in [5, 5.41) is 12.4. The van der Waals surface area contributed by atoms with Crippen molar-refractivity contribution in [3.05, 3.63) is 23.3 Å². The summed E-state index contributed by atoms with van der Waals surface area (Å²) in [4.78, 5) is 2.31. The molecule has 1 unspecified atom stereocenters. The smallest absolute Gasteiger partial charge is 0.161 e. The van der Waals surface area contributed by atoms with E-state index in [-0.39, 0.29) is 6.04 Å². The van der Waals surface area contributed by atoms with Gasteiger partial charge in [0.25, 0.3) is 0 Å². The molecule has 1 N–H and O–H groups in total. The predicted molar refractivity (Wildman–Crippen MR) is 81.6 cm³/mol. The standard InChI is InChI=1S/C16H23N3O2/c1-4-18-14(9-17)11-19-6-5-12-7-15(20-2)16(21-3)8-13(12)10-19/h7-8,14,18H,4-6,10-11H2,1-3H3. The minimum absolute atomic E-state index is 0.114. The van der Waals surface area contributed by atoms with Crippen molar-refractivity contribution < 1.29 is 9.47 Å². The number of benzene rings is 1. The quantitative estimate of drug-likeness (QED) is 0.861. The molecule has 1 heterocycles. The highest BCUT2D eigenvalue weighted by molar-refractivity contribution is 5.48. The van der Waals surface area contributed by atoms with Crippen LogP contribution in [0.2, 0.25) is 0 Å². The van der Waals surface area contributed by atoms with Crippen LogP contribution in [0.1, 0.15) is 18.1 Å². The summed E-state index contributed by atoms with van der Waals surface area (Å²) in [6.07, 6.45) is 0.972. The van der Waals surface area contributed by atoms with Crippen LogP contribution in [-0.4, -0.2) is 44.8 Å². The molecule has 0 spiro atoms. The van der Waals surface area contributed by atoms with E-state index in [4.69, 9.17) is 14.7 Å². The summed E-state index contributed by atoms with van der Waals surface area (Å²) >= 11 is 0. The molecule has 0 aliphatic carbocycles. The molecule has 1 aromatic carbocycles. The first-order valence-electron chi connectivity index (χ1n) is 7.31. The summed E-state index contributed by atoms with van der Waals surface area (Å²) in [6.45, 7) is 5.39. The molecule has 0 bridgehead atoms. The van der Waals surface area contributed by atoms with Crippen molar-refractivity contribution in [3.63, 3.8) is 0 Å². The van der Waals surface area contributed by atoms with Crippen molar-refractivity contribution in [3.8, 4) is 17.6 Å². The van der Waals surface area contributed by atoms with E-state index >= 15 is 0 Å². The largest absolute Gasteiger partial charge is 0.493 e. The summed E-state index contributed by atoms with van der Waals surface area (Å²) in [7, 11) is 3.31. The second-order valence-corrected chi connectivity index (χ2v) is 5.20. The number of hydrogen-bond acceptors (Lipinski definition) is 5. The van der Waals surface area contributed by atoms with Gasteiger partial charge in [-0.05, 0) is 36.2 Å². The molecule has 0 fully saturated rings. The molecule has 1 aliphatic heterocycles. The highest BCUT2D eigenvalue weighted by Gasteiger charge is 2.21. The SMILES string of the molecule is CCNC(C#N)CN1CCc2cc(OC)c(OC)cc2C1. The maximum atomic E-state index is 9.16. The Hall–Kier alpha value is -1.77. The molecule has 0 saturated heterocycles. The van der Waals surface area contributed by atoms with Crippen molar-refractivity contribution in [2.45, 2.75) is 25.9 Å². The van der Waals surface area contributed by atoms with Crippen LogP contribution in [0.3, 0.4) is 0 Å². The van der Waals surface area contributed by atoms with Crippen LogP contribution in [-0.2, 0) is 13.0 Å². The summed E-state index contributed by atoms with van der Waals surface area (Å²) < 4.78 is 10.7. The van der Waals surface area contributed by atoms with Gasteiger partial charge in [-0.1, -0.05) is 6.92 Å². The second kappa shape index (κ2) is 7.30. The van der Waals surface area contributed by atoms with Crippen molar-refractivity contribution >= 4 is 0 Å². The maximum Gasteiger partial charge on any atom is 0.161 e. The molecule has 0 aromatic heterocycles. The van der Waals surface area contributed by atoms with Crippen molar-refractivity contribution in [2.24, 2.45) is 0 Å². The van der Waals surface area contributed by atoms with E-state index in [1.165, 1.54) is 11.1 Å². The van der Waals surface area contributed by atoms with Gasteiger partial charge >= 0.3 is 0 Å². The highest BCUT2D eigenvalue weighted by atomic mass is 16.5. The third-order valence-corrected chi connectivity index (χ3v) is 3.84. The number of hydrogen-bond donors (Lipinski definition) is 1. The fourth-order valence-corrected chi connectivity index (χ4v) is 2.75. The Labute approximate surface area is 126 Å². The summed E-state index contributed by atoms with van der Waals surface area (Å²) in [6, 6.07) is 6.32.